The molecule has 1 aromatic carbocycles. The van der Waals surface area contributed by atoms with Crippen molar-refractivity contribution in [1.82, 2.24) is 5.43 Å². The highest BCUT2D eigenvalue weighted by Gasteiger charge is 2.36. The van der Waals surface area contributed by atoms with Crippen molar-refractivity contribution in [3.63, 3.8) is 0 Å². The average molecular weight is 271 g/mol. The van der Waals surface area contributed by atoms with E-state index in [1.54, 1.807) is 6.07 Å². The molecule has 1 fully saturated rings. The number of hydrogen-bond donors (Lipinski definition) is 2. The maximum absolute atomic E-state index is 13.3. The molecule has 0 heterocycles. The van der Waals surface area contributed by atoms with Crippen LogP contribution >= 0.6 is 11.6 Å². The monoisotopic (exact) mass is 270 g/mol. The Hall–Kier alpha value is -0.640. The van der Waals surface area contributed by atoms with Gasteiger partial charge in [-0.3, -0.25) is 11.3 Å². The summed E-state index contributed by atoms with van der Waals surface area (Å²) in [5.74, 6) is 5.44. The summed E-state index contributed by atoms with van der Waals surface area (Å²) >= 11 is 6.11. The number of hydrazine groups is 1. The third-order valence-corrected chi connectivity index (χ3v) is 4.59. The van der Waals surface area contributed by atoms with Gasteiger partial charge >= 0.3 is 0 Å². The largest absolute Gasteiger partial charge is 0.271 e. The molecule has 3 N–H and O–H groups in total. The van der Waals surface area contributed by atoms with Gasteiger partial charge in [0.25, 0.3) is 0 Å². The van der Waals surface area contributed by atoms with Gasteiger partial charge in [0, 0.05) is 11.1 Å². The summed E-state index contributed by atoms with van der Waals surface area (Å²) in [4.78, 5) is 0. The van der Waals surface area contributed by atoms with Crippen molar-refractivity contribution < 1.29 is 4.39 Å². The molecule has 0 radical (unpaired) electrons. The van der Waals surface area contributed by atoms with Crippen molar-refractivity contribution in [2.75, 3.05) is 0 Å². The Bertz CT molecular complexity index is 416. The van der Waals surface area contributed by atoms with E-state index in [2.05, 4.69) is 12.3 Å². The van der Waals surface area contributed by atoms with Crippen molar-refractivity contribution in [1.29, 1.82) is 0 Å². The summed E-state index contributed by atoms with van der Waals surface area (Å²) in [6.45, 7) is 2.25. The van der Waals surface area contributed by atoms with Gasteiger partial charge in [0.2, 0.25) is 0 Å². The second-order valence-corrected chi connectivity index (χ2v) is 5.93. The van der Waals surface area contributed by atoms with Crippen LogP contribution in [0.25, 0.3) is 0 Å². The number of benzene rings is 1. The van der Waals surface area contributed by atoms with Crippen LogP contribution in [0.4, 0.5) is 4.39 Å². The Morgan fingerprint density at radius 2 is 2.11 bits per heavy atom. The third-order valence-electron chi connectivity index (χ3n) is 4.22. The van der Waals surface area contributed by atoms with E-state index in [-0.39, 0.29) is 17.3 Å². The zero-order valence-corrected chi connectivity index (χ0v) is 11.4. The Labute approximate surface area is 113 Å². The maximum Gasteiger partial charge on any atom is 0.123 e. The zero-order chi connectivity index (χ0) is 13.2. The Balaban J connectivity index is 2.17. The molecule has 1 aromatic rings. The SMILES string of the molecule is CC1(C(Cc2cc(F)ccc2Cl)NN)CCCC1. The van der Waals surface area contributed by atoms with Gasteiger partial charge in [0.1, 0.15) is 5.82 Å². The number of halogens is 2. The van der Waals surface area contributed by atoms with Crippen molar-refractivity contribution in [3.8, 4) is 0 Å². The molecule has 4 heteroatoms. The first-order chi connectivity index (χ1) is 8.55. The van der Waals surface area contributed by atoms with E-state index in [1.165, 1.54) is 25.0 Å². The molecule has 0 aliphatic heterocycles. The van der Waals surface area contributed by atoms with Crippen LogP contribution < -0.4 is 11.3 Å². The van der Waals surface area contributed by atoms with Gasteiger partial charge in [-0.25, -0.2) is 4.39 Å². The fourth-order valence-electron chi connectivity index (χ4n) is 2.96. The first-order valence-corrected chi connectivity index (χ1v) is 6.83. The van der Waals surface area contributed by atoms with Crippen molar-refractivity contribution in [3.05, 3.63) is 34.6 Å². The van der Waals surface area contributed by atoms with E-state index in [1.807, 2.05) is 0 Å². The molecule has 1 unspecified atom stereocenters. The van der Waals surface area contributed by atoms with Crippen LogP contribution in [0.15, 0.2) is 18.2 Å². The second kappa shape index (κ2) is 5.55. The topological polar surface area (TPSA) is 38.0 Å². The predicted octanol–water partition coefficient (Wildman–Crippen LogP) is 3.43. The molecule has 0 aromatic heterocycles. The Morgan fingerprint density at radius 3 is 2.72 bits per heavy atom. The summed E-state index contributed by atoms with van der Waals surface area (Å²) in [6, 6.07) is 4.63. The Kier molecular flexibility index (Phi) is 4.25. The van der Waals surface area contributed by atoms with Gasteiger partial charge in [-0.1, -0.05) is 31.4 Å². The van der Waals surface area contributed by atoms with E-state index in [0.29, 0.717) is 11.4 Å². The van der Waals surface area contributed by atoms with Gasteiger partial charge in [0.15, 0.2) is 0 Å². The molecule has 0 saturated heterocycles. The first-order valence-electron chi connectivity index (χ1n) is 6.45. The number of rotatable bonds is 4. The highest BCUT2D eigenvalue weighted by Crippen LogP contribution is 2.41. The summed E-state index contributed by atoms with van der Waals surface area (Å²) in [5.41, 5.74) is 3.91. The van der Waals surface area contributed by atoms with Crippen LogP contribution in [0, 0.1) is 11.2 Å². The van der Waals surface area contributed by atoms with E-state index >= 15 is 0 Å². The van der Waals surface area contributed by atoms with Crippen molar-refractivity contribution in [2.45, 2.75) is 45.1 Å². The van der Waals surface area contributed by atoms with Gasteiger partial charge in [-0.05, 0) is 48.4 Å². The smallest absolute Gasteiger partial charge is 0.123 e. The highest BCUT2D eigenvalue weighted by molar-refractivity contribution is 6.31. The normalized spacial score (nSPS) is 20.0. The zero-order valence-electron chi connectivity index (χ0n) is 10.7. The van der Waals surface area contributed by atoms with Crippen LogP contribution in [-0.2, 0) is 6.42 Å². The molecule has 1 saturated carbocycles. The fraction of sp³-hybridized carbons (Fsp3) is 0.571. The Morgan fingerprint density at radius 1 is 1.44 bits per heavy atom. The first kappa shape index (κ1) is 13.8. The standard InChI is InChI=1S/C14H20ClFN2/c1-14(6-2-3-7-14)13(18-17)9-10-8-11(16)4-5-12(10)15/h4-5,8,13,18H,2-3,6-7,9,17H2,1H3. The quantitative estimate of drug-likeness (QED) is 0.650. The minimum Gasteiger partial charge on any atom is -0.271 e. The molecule has 0 spiro atoms. The van der Waals surface area contributed by atoms with E-state index < -0.39 is 0 Å². The molecule has 1 aliphatic rings. The molecule has 0 bridgehead atoms. The minimum atomic E-state index is -0.248. The second-order valence-electron chi connectivity index (χ2n) is 5.52. The molecule has 2 nitrogen and oxygen atoms in total. The van der Waals surface area contributed by atoms with E-state index in [9.17, 15) is 4.39 Å². The third kappa shape index (κ3) is 2.85. The van der Waals surface area contributed by atoms with Crippen LogP contribution in [0.3, 0.4) is 0 Å². The van der Waals surface area contributed by atoms with Crippen molar-refractivity contribution >= 4 is 11.6 Å². The molecule has 100 valence electrons. The fourth-order valence-corrected chi connectivity index (χ4v) is 3.15. The number of hydrogen-bond acceptors (Lipinski definition) is 2. The molecule has 1 aliphatic carbocycles. The lowest BCUT2D eigenvalue weighted by Gasteiger charge is -2.34. The van der Waals surface area contributed by atoms with Gasteiger partial charge in [0.05, 0.1) is 0 Å². The average Bonchev–Trinajstić information content (AvgIpc) is 2.78. The minimum absolute atomic E-state index is 0.138. The molecule has 2 rings (SSSR count). The van der Waals surface area contributed by atoms with Crippen LogP contribution in [0.1, 0.15) is 38.2 Å². The number of nitrogens with one attached hydrogen (secondary N) is 1. The molecule has 1 atom stereocenters. The molecular weight excluding hydrogens is 251 g/mol. The summed E-state index contributed by atoms with van der Waals surface area (Å²) < 4.78 is 13.3. The summed E-state index contributed by atoms with van der Waals surface area (Å²) in [7, 11) is 0. The maximum atomic E-state index is 13.3. The lowest BCUT2D eigenvalue weighted by atomic mass is 9.78. The van der Waals surface area contributed by atoms with E-state index in [4.69, 9.17) is 17.4 Å². The number of nitrogens with two attached hydrogens (primary N) is 1. The molecular formula is C14H20ClFN2. The van der Waals surface area contributed by atoms with Crippen LogP contribution in [0.5, 0.6) is 0 Å². The summed E-state index contributed by atoms with van der Waals surface area (Å²) in [5, 5.41) is 0.609. The predicted molar refractivity (Wildman–Crippen MR) is 72.8 cm³/mol. The van der Waals surface area contributed by atoms with Gasteiger partial charge in [-0.2, -0.15) is 0 Å². The lowest BCUT2D eigenvalue weighted by Crippen LogP contribution is -2.47. The van der Waals surface area contributed by atoms with Gasteiger partial charge in [-0.15, -0.1) is 0 Å². The lowest BCUT2D eigenvalue weighted by molar-refractivity contribution is 0.220. The van der Waals surface area contributed by atoms with Gasteiger partial charge < -0.3 is 0 Å². The summed E-state index contributed by atoms with van der Waals surface area (Å²) in [6.07, 6.45) is 5.48. The van der Waals surface area contributed by atoms with Crippen molar-refractivity contribution in [2.24, 2.45) is 11.3 Å². The van der Waals surface area contributed by atoms with Crippen LogP contribution in [-0.4, -0.2) is 6.04 Å². The molecule has 0 amide bonds. The highest BCUT2D eigenvalue weighted by atomic mass is 35.5. The van der Waals surface area contributed by atoms with E-state index in [0.717, 1.165) is 18.4 Å². The van der Waals surface area contributed by atoms with Crippen LogP contribution in [0.2, 0.25) is 5.02 Å². The molecule has 18 heavy (non-hydrogen) atoms.